The highest BCUT2D eigenvalue weighted by Gasteiger charge is 2.34. The Morgan fingerprint density at radius 2 is 1.67 bits per heavy atom. The van der Waals surface area contributed by atoms with Crippen LogP contribution in [0.25, 0.3) is 0 Å². The van der Waals surface area contributed by atoms with Crippen molar-refractivity contribution < 1.29 is 4.74 Å². The molecule has 0 amide bonds. The minimum Gasteiger partial charge on any atom is -0.377 e. The summed E-state index contributed by atoms with van der Waals surface area (Å²) in [6.07, 6.45) is 3.78. The lowest BCUT2D eigenvalue weighted by Crippen LogP contribution is -2.57. The number of ether oxygens (including phenoxy) is 1. The largest absolute Gasteiger partial charge is 0.377 e. The molecule has 24 heavy (non-hydrogen) atoms. The van der Waals surface area contributed by atoms with Crippen molar-refractivity contribution in [2.75, 3.05) is 7.11 Å². The van der Waals surface area contributed by atoms with Gasteiger partial charge in [0, 0.05) is 7.11 Å². The second kappa shape index (κ2) is 6.93. The van der Waals surface area contributed by atoms with E-state index in [1.54, 1.807) is 28.6 Å². The van der Waals surface area contributed by atoms with Crippen molar-refractivity contribution in [2.45, 2.75) is 77.5 Å². The highest BCUT2D eigenvalue weighted by Crippen LogP contribution is 2.38. The quantitative estimate of drug-likeness (QED) is 0.502. The van der Waals surface area contributed by atoms with Crippen molar-refractivity contribution >= 4 is 26.5 Å². The third kappa shape index (κ3) is 4.12. The lowest BCUT2D eigenvalue weighted by atomic mass is 9.74. The predicted octanol–water partition coefficient (Wildman–Crippen LogP) is 4.79. The third-order valence-corrected chi connectivity index (χ3v) is 9.72. The summed E-state index contributed by atoms with van der Waals surface area (Å²) in [6.45, 7) is 21.1. The molecule has 0 fully saturated rings. The molecule has 0 aromatic heterocycles. The number of hydrogen-bond donors (Lipinski definition) is 0. The number of fused-ring (bicyclic) bond motifs is 1. The molecule has 0 saturated heterocycles. The van der Waals surface area contributed by atoms with Gasteiger partial charge in [-0.25, -0.2) is 0 Å². The summed E-state index contributed by atoms with van der Waals surface area (Å²) in [7, 11) is -0.792. The lowest BCUT2D eigenvalue weighted by Gasteiger charge is -2.37. The minimum atomic E-state index is -1.31. The maximum Gasteiger partial charge on any atom is 0.0776 e. The molecular weight excluding hydrogens is 324 g/mol. The second-order valence-corrected chi connectivity index (χ2v) is 19.7. The van der Waals surface area contributed by atoms with Crippen LogP contribution in [-0.4, -0.2) is 29.4 Å². The Morgan fingerprint density at radius 3 is 2.12 bits per heavy atom. The van der Waals surface area contributed by atoms with Crippen LogP contribution < -0.4 is 10.4 Å². The van der Waals surface area contributed by atoms with Gasteiger partial charge in [-0.05, 0) is 43.2 Å². The van der Waals surface area contributed by atoms with Crippen molar-refractivity contribution in [2.24, 2.45) is 0 Å². The maximum atomic E-state index is 5.57. The van der Waals surface area contributed by atoms with Crippen molar-refractivity contribution in [3.63, 3.8) is 0 Å². The topological polar surface area (TPSA) is 9.23 Å². The molecule has 0 bridgehead atoms. The molecule has 0 heterocycles. The zero-order valence-corrected chi connectivity index (χ0v) is 19.0. The summed E-state index contributed by atoms with van der Waals surface area (Å²) in [6, 6.07) is 5.18. The first-order chi connectivity index (χ1) is 10.9. The van der Waals surface area contributed by atoms with Gasteiger partial charge >= 0.3 is 0 Å². The Labute approximate surface area is 151 Å². The van der Waals surface area contributed by atoms with Gasteiger partial charge in [-0.2, -0.15) is 0 Å². The van der Waals surface area contributed by atoms with Crippen LogP contribution in [0.5, 0.6) is 0 Å². The molecule has 0 aliphatic heterocycles. The average Bonchev–Trinajstić information content (AvgIpc) is 2.40. The molecule has 1 nitrogen and oxygen atoms in total. The number of methoxy groups -OCH3 is 1. The van der Waals surface area contributed by atoms with Gasteiger partial charge in [-0.3, -0.25) is 0 Å². The van der Waals surface area contributed by atoms with Crippen LogP contribution in [-0.2, 0) is 11.2 Å². The molecule has 134 valence electrons. The summed E-state index contributed by atoms with van der Waals surface area (Å²) in [5, 5.41) is 3.43. The highest BCUT2D eigenvalue weighted by molar-refractivity contribution is 6.98. The van der Waals surface area contributed by atoms with Crippen LogP contribution in [0.3, 0.4) is 0 Å². The lowest BCUT2D eigenvalue weighted by molar-refractivity contribution is 0.120. The smallest absolute Gasteiger partial charge is 0.0776 e. The molecule has 1 aliphatic carbocycles. The van der Waals surface area contributed by atoms with E-state index in [4.69, 9.17) is 4.74 Å². The molecule has 1 aromatic rings. The van der Waals surface area contributed by atoms with E-state index in [1.165, 1.54) is 12.8 Å². The molecular formula is C21H36OSi2. The van der Waals surface area contributed by atoms with Crippen molar-refractivity contribution in [1.82, 2.24) is 0 Å². The summed E-state index contributed by atoms with van der Waals surface area (Å²) in [4.78, 5) is 0. The molecule has 3 heteroatoms. The molecule has 2 rings (SSSR count). The third-order valence-electron chi connectivity index (χ3n) is 5.41. The number of rotatable bonds is 7. The van der Waals surface area contributed by atoms with Gasteiger partial charge < -0.3 is 4.74 Å². The Kier molecular flexibility index (Phi) is 5.68. The summed E-state index contributed by atoms with van der Waals surface area (Å²) >= 11 is 0. The molecule has 1 aromatic carbocycles. The van der Waals surface area contributed by atoms with Crippen molar-refractivity contribution in [1.29, 1.82) is 0 Å². The minimum absolute atomic E-state index is 0.215. The van der Waals surface area contributed by atoms with E-state index in [2.05, 4.69) is 64.9 Å². The van der Waals surface area contributed by atoms with Crippen LogP contribution in [0.4, 0.5) is 0 Å². The Hall–Kier alpha value is -0.646. The Morgan fingerprint density at radius 1 is 1.12 bits per heavy atom. The first-order valence-electron chi connectivity index (χ1n) is 9.31. The molecule has 0 spiro atoms. The molecule has 0 saturated carbocycles. The zero-order chi connectivity index (χ0) is 18.3. The monoisotopic (exact) mass is 360 g/mol. The molecule has 2 atom stereocenters. The highest BCUT2D eigenvalue weighted by atomic mass is 28.3. The van der Waals surface area contributed by atoms with E-state index in [-0.39, 0.29) is 6.10 Å². The van der Waals surface area contributed by atoms with Crippen LogP contribution in [0.1, 0.15) is 36.8 Å². The first-order valence-corrected chi connectivity index (χ1v) is 16.3. The van der Waals surface area contributed by atoms with Crippen molar-refractivity contribution in [3.8, 4) is 0 Å². The van der Waals surface area contributed by atoms with Gasteiger partial charge in [-0.15, -0.1) is 0 Å². The SMILES string of the molecule is C=C(C)C(CCC1Cc2cc([Si](C)(C)C)c([Si](C)(C)C)cc21)OC. The molecule has 0 N–H and O–H groups in total. The molecule has 1 aliphatic rings. The standard InChI is InChI=1S/C21H36OSi2/c1-15(2)19(22-3)11-10-16-12-17-13-20(23(4,5)6)21(14-18(16)17)24(7,8)9/h13-14,16,19H,1,10-12H2,2-9H3. The average molecular weight is 361 g/mol. The van der Waals surface area contributed by atoms with E-state index >= 15 is 0 Å². The van der Waals surface area contributed by atoms with E-state index < -0.39 is 16.1 Å². The summed E-state index contributed by atoms with van der Waals surface area (Å²) < 4.78 is 5.57. The fourth-order valence-corrected chi connectivity index (χ4v) is 9.09. The van der Waals surface area contributed by atoms with Crippen LogP contribution in [0, 0.1) is 0 Å². The van der Waals surface area contributed by atoms with E-state index in [9.17, 15) is 0 Å². The van der Waals surface area contributed by atoms with Gasteiger partial charge in [0.2, 0.25) is 0 Å². The Bertz CT molecular complexity index is 620. The van der Waals surface area contributed by atoms with Crippen molar-refractivity contribution in [3.05, 3.63) is 35.4 Å². The summed E-state index contributed by atoms with van der Waals surface area (Å²) in [5.74, 6) is 0.725. The second-order valence-electron chi connectivity index (χ2n) is 9.65. The Balaban J connectivity index is 2.26. The normalized spacial score (nSPS) is 18.8. The summed E-state index contributed by atoms with van der Waals surface area (Å²) in [5.41, 5.74) is 4.39. The van der Waals surface area contributed by atoms with Gasteiger partial charge in [-0.1, -0.05) is 73.9 Å². The first kappa shape index (κ1) is 19.7. The fraction of sp³-hybridized carbons (Fsp3) is 0.619. The van der Waals surface area contributed by atoms with Gasteiger partial charge in [0.15, 0.2) is 0 Å². The number of hydrogen-bond acceptors (Lipinski definition) is 1. The maximum absolute atomic E-state index is 5.57. The number of benzene rings is 1. The van der Waals surface area contributed by atoms with E-state index in [0.29, 0.717) is 0 Å². The molecule has 0 radical (unpaired) electrons. The fourth-order valence-electron chi connectivity index (χ4n) is 3.88. The zero-order valence-electron chi connectivity index (χ0n) is 17.0. The van der Waals surface area contributed by atoms with Crippen LogP contribution >= 0.6 is 0 Å². The van der Waals surface area contributed by atoms with E-state index in [1.807, 2.05) is 0 Å². The van der Waals surface area contributed by atoms with Crippen LogP contribution in [0.15, 0.2) is 24.3 Å². The predicted molar refractivity (Wildman–Crippen MR) is 114 cm³/mol. The van der Waals surface area contributed by atoms with Gasteiger partial charge in [0.05, 0.1) is 22.3 Å². The van der Waals surface area contributed by atoms with Gasteiger partial charge in [0.25, 0.3) is 0 Å². The molecule has 2 unspecified atom stereocenters. The van der Waals surface area contributed by atoms with E-state index in [0.717, 1.165) is 17.9 Å². The van der Waals surface area contributed by atoms with Crippen LogP contribution in [0.2, 0.25) is 39.3 Å². The van der Waals surface area contributed by atoms with Gasteiger partial charge in [0.1, 0.15) is 0 Å².